The normalized spacial score (nSPS) is 10.8. The monoisotopic (exact) mass is 242 g/mol. The predicted octanol–water partition coefficient (Wildman–Crippen LogP) is 2.30. The number of aromatic nitrogens is 1. The highest BCUT2D eigenvalue weighted by molar-refractivity contribution is 7.92. The van der Waals surface area contributed by atoms with Gasteiger partial charge in [-0.25, -0.2) is 9.29 Å². The second-order valence-electron chi connectivity index (χ2n) is 3.47. The molecule has 0 aliphatic heterocycles. The van der Waals surface area contributed by atoms with Gasteiger partial charge in [0, 0.05) is 18.8 Å². The lowest BCUT2D eigenvalue weighted by molar-refractivity contribution is 0.286. The third kappa shape index (κ3) is 5.34. The molecule has 0 saturated heterocycles. The van der Waals surface area contributed by atoms with Gasteiger partial charge in [0.05, 0.1) is 25.9 Å². The van der Waals surface area contributed by atoms with Crippen molar-refractivity contribution in [2.45, 2.75) is 13.3 Å². The van der Waals surface area contributed by atoms with Gasteiger partial charge in [0.1, 0.15) is 0 Å². The lowest BCUT2D eigenvalue weighted by Gasteiger charge is -2.12. The van der Waals surface area contributed by atoms with Crippen LogP contribution in [-0.4, -0.2) is 36.6 Å². The van der Waals surface area contributed by atoms with Crippen LogP contribution in [0.3, 0.4) is 0 Å². The van der Waals surface area contributed by atoms with Gasteiger partial charge in [0.25, 0.3) is 0 Å². The lowest BCUT2D eigenvalue weighted by atomic mass is 10.3. The van der Waals surface area contributed by atoms with Crippen LogP contribution >= 0.6 is 12.2 Å². The minimum Gasteiger partial charge on any atom is -0.478 e. The smallest absolute Gasteiger partial charge is 0.213 e. The third-order valence-corrected chi connectivity index (χ3v) is 2.54. The Balaban J connectivity index is 2.13. The van der Waals surface area contributed by atoms with Gasteiger partial charge in [-0.05, 0) is 26.0 Å². The zero-order chi connectivity index (χ0) is 11.8. The number of hydrogen-bond donors (Lipinski definition) is 0. The summed E-state index contributed by atoms with van der Waals surface area (Å²) in [5, 5.41) is 0. The molecule has 0 bridgehead atoms. The Bertz CT molecular complexity index is 293. The fourth-order valence-corrected chi connectivity index (χ4v) is 1.63. The van der Waals surface area contributed by atoms with Crippen LogP contribution in [0.25, 0.3) is 0 Å². The molecule has 0 saturated carbocycles. The van der Waals surface area contributed by atoms with E-state index in [1.807, 2.05) is 36.6 Å². The highest BCUT2D eigenvalue weighted by Gasteiger charge is 1.99. The van der Waals surface area contributed by atoms with E-state index in [1.54, 1.807) is 7.11 Å². The zero-order valence-electron chi connectivity index (χ0n) is 9.97. The Morgan fingerprint density at radius 2 is 2.25 bits per heavy atom. The molecule has 0 unspecified atom stereocenters. The highest BCUT2D eigenvalue weighted by atomic mass is 32.2. The van der Waals surface area contributed by atoms with Gasteiger partial charge < -0.3 is 8.92 Å². The molecular formula is C11H18N2O2S. The molecule has 0 radical (unpaired) electrons. The van der Waals surface area contributed by atoms with Crippen molar-refractivity contribution in [3.63, 3.8) is 0 Å². The number of rotatable bonds is 7. The molecule has 0 aliphatic carbocycles. The van der Waals surface area contributed by atoms with Crippen LogP contribution < -0.4 is 4.74 Å². The fourth-order valence-electron chi connectivity index (χ4n) is 1.17. The third-order valence-electron chi connectivity index (χ3n) is 1.95. The molecule has 0 aromatic carbocycles. The molecule has 5 heteroatoms. The van der Waals surface area contributed by atoms with Crippen LogP contribution in [0.4, 0.5) is 0 Å². The average Bonchev–Trinajstić information content (AvgIpc) is 2.27. The molecule has 0 spiro atoms. The topological polar surface area (TPSA) is 34.6 Å². The maximum atomic E-state index is 5.50. The van der Waals surface area contributed by atoms with Gasteiger partial charge in [-0.2, -0.15) is 0 Å². The maximum Gasteiger partial charge on any atom is 0.213 e. The molecule has 1 aromatic heterocycles. The van der Waals surface area contributed by atoms with Crippen molar-refractivity contribution in [2.75, 3.05) is 27.3 Å². The van der Waals surface area contributed by atoms with E-state index in [9.17, 15) is 0 Å². The molecule has 0 fully saturated rings. The Kier molecular flexibility index (Phi) is 6.22. The van der Waals surface area contributed by atoms with E-state index in [-0.39, 0.29) is 0 Å². The van der Waals surface area contributed by atoms with Crippen LogP contribution in [0.15, 0.2) is 18.3 Å². The number of nitrogens with zero attached hydrogens (tertiary/aromatic N) is 2. The van der Waals surface area contributed by atoms with Crippen molar-refractivity contribution in [1.82, 2.24) is 9.29 Å². The summed E-state index contributed by atoms with van der Waals surface area (Å²) in [6.45, 7) is 3.60. The van der Waals surface area contributed by atoms with Crippen molar-refractivity contribution in [3.8, 4) is 5.88 Å². The summed E-state index contributed by atoms with van der Waals surface area (Å²) in [4.78, 5) is 4.17. The summed E-state index contributed by atoms with van der Waals surface area (Å²) >= 11 is 1.34. The highest BCUT2D eigenvalue weighted by Crippen LogP contribution is 2.09. The average molecular weight is 242 g/mol. The Morgan fingerprint density at radius 3 is 2.88 bits per heavy atom. The van der Waals surface area contributed by atoms with E-state index in [0.717, 1.165) is 18.5 Å². The summed E-state index contributed by atoms with van der Waals surface area (Å²) in [6.07, 6.45) is 2.75. The van der Waals surface area contributed by atoms with E-state index >= 15 is 0 Å². The first kappa shape index (κ1) is 13.3. The first-order chi connectivity index (χ1) is 7.72. The molecule has 0 atom stereocenters. The predicted molar refractivity (Wildman–Crippen MR) is 66.3 cm³/mol. The van der Waals surface area contributed by atoms with Crippen LogP contribution in [0.2, 0.25) is 0 Å². The second-order valence-corrected chi connectivity index (χ2v) is 4.57. The minimum absolute atomic E-state index is 0.671. The lowest BCUT2D eigenvalue weighted by Crippen LogP contribution is -2.14. The summed E-state index contributed by atoms with van der Waals surface area (Å²) in [6, 6.07) is 3.89. The van der Waals surface area contributed by atoms with Crippen molar-refractivity contribution in [2.24, 2.45) is 0 Å². The molecule has 16 heavy (non-hydrogen) atoms. The largest absolute Gasteiger partial charge is 0.478 e. The Hall–Kier alpha value is -0.780. The summed E-state index contributed by atoms with van der Waals surface area (Å²) in [5.74, 6) is 0.688. The number of ether oxygens (including phenoxy) is 1. The van der Waals surface area contributed by atoms with Gasteiger partial charge in [0.15, 0.2) is 0 Å². The first-order valence-electron chi connectivity index (χ1n) is 5.19. The molecular weight excluding hydrogens is 224 g/mol. The Morgan fingerprint density at radius 1 is 1.44 bits per heavy atom. The van der Waals surface area contributed by atoms with E-state index in [0.29, 0.717) is 12.5 Å². The molecule has 0 amide bonds. The van der Waals surface area contributed by atoms with Gasteiger partial charge in [-0.1, -0.05) is 6.07 Å². The van der Waals surface area contributed by atoms with Crippen molar-refractivity contribution in [1.29, 1.82) is 0 Å². The molecule has 1 heterocycles. The van der Waals surface area contributed by atoms with Crippen molar-refractivity contribution >= 4 is 12.2 Å². The Labute approximate surface area is 101 Å². The van der Waals surface area contributed by atoms with Crippen molar-refractivity contribution < 1.29 is 8.92 Å². The quantitative estimate of drug-likeness (QED) is 0.416. The van der Waals surface area contributed by atoms with E-state index in [1.165, 1.54) is 12.2 Å². The first-order valence-corrected chi connectivity index (χ1v) is 5.89. The van der Waals surface area contributed by atoms with Crippen LogP contribution in [0.5, 0.6) is 5.88 Å². The molecule has 0 aliphatic rings. The summed E-state index contributed by atoms with van der Waals surface area (Å²) in [7, 11) is 3.65. The summed E-state index contributed by atoms with van der Waals surface area (Å²) in [5.41, 5.74) is 1.14. The van der Waals surface area contributed by atoms with Gasteiger partial charge in [0.2, 0.25) is 5.88 Å². The molecule has 90 valence electrons. The standard InChI is InChI=1S/C11H18N2O2S/c1-10-5-6-11(12-9-10)15-8-4-7-13(2)16-14-3/h5-6,9H,4,7-8H2,1-3H3. The van der Waals surface area contributed by atoms with E-state index in [4.69, 9.17) is 8.92 Å². The molecule has 1 rings (SSSR count). The minimum atomic E-state index is 0.671. The number of aryl methyl sites for hydroxylation is 1. The molecule has 1 aromatic rings. The number of hydrogen-bond acceptors (Lipinski definition) is 5. The molecule has 0 N–H and O–H groups in total. The molecule has 4 nitrogen and oxygen atoms in total. The summed E-state index contributed by atoms with van der Waals surface area (Å²) < 4.78 is 12.4. The van der Waals surface area contributed by atoms with Gasteiger partial charge in [-0.3, -0.25) is 0 Å². The number of pyridine rings is 1. The van der Waals surface area contributed by atoms with E-state index in [2.05, 4.69) is 4.98 Å². The van der Waals surface area contributed by atoms with E-state index < -0.39 is 0 Å². The SMILES string of the molecule is COSN(C)CCCOc1ccc(C)cn1. The zero-order valence-corrected chi connectivity index (χ0v) is 10.8. The van der Waals surface area contributed by atoms with Gasteiger partial charge in [-0.15, -0.1) is 0 Å². The van der Waals surface area contributed by atoms with Crippen LogP contribution in [-0.2, 0) is 4.18 Å². The second kappa shape index (κ2) is 7.49. The van der Waals surface area contributed by atoms with Crippen molar-refractivity contribution in [3.05, 3.63) is 23.9 Å². The van der Waals surface area contributed by atoms with Crippen LogP contribution in [0, 0.1) is 6.92 Å². The van der Waals surface area contributed by atoms with Gasteiger partial charge >= 0.3 is 0 Å². The van der Waals surface area contributed by atoms with Crippen LogP contribution in [0.1, 0.15) is 12.0 Å². The maximum absolute atomic E-state index is 5.50. The fraction of sp³-hybridized carbons (Fsp3) is 0.545.